The van der Waals surface area contributed by atoms with Gasteiger partial charge in [0, 0.05) is 44.7 Å². The minimum Gasteiger partial charge on any atom is -0.343 e. The van der Waals surface area contributed by atoms with E-state index in [2.05, 4.69) is 25.9 Å². The average Bonchev–Trinajstić information content (AvgIpc) is 3.26. The lowest BCUT2D eigenvalue weighted by molar-refractivity contribution is -0.131. The number of hydrogen-bond acceptors (Lipinski definition) is 4. The fraction of sp³-hybridized carbons (Fsp3) is 0.650. The van der Waals surface area contributed by atoms with Gasteiger partial charge in [-0.2, -0.15) is 5.10 Å². The van der Waals surface area contributed by atoms with Crippen molar-refractivity contribution in [2.45, 2.75) is 45.6 Å². The maximum Gasteiger partial charge on any atom is 0.222 e. The van der Waals surface area contributed by atoms with Crippen LogP contribution < -0.4 is 0 Å². The van der Waals surface area contributed by atoms with Gasteiger partial charge in [-0.1, -0.05) is 0 Å². The normalized spacial score (nSPS) is 19.5. The van der Waals surface area contributed by atoms with Gasteiger partial charge in [-0.3, -0.25) is 14.4 Å². The molecule has 6 heteroatoms. The van der Waals surface area contributed by atoms with Crippen LogP contribution in [-0.2, 0) is 18.4 Å². The molecule has 2 aromatic rings. The molecule has 0 unspecified atom stereocenters. The number of piperidine rings is 1. The monoisotopic (exact) mass is 355 g/mol. The van der Waals surface area contributed by atoms with Gasteiger partial charge in [-0.15, -0.1) is 0 Å². The Morgan fingerprint density at radius 2 is 1.92 bits per heavy atom. The molecule has 2 saturated heterocycles. The number of amides is 1. The van der Waals surface area contributed by atoms with Crippen LogP contribution in [0.25, 0.3) is 11.0 Å². The van der Waals surface area contributed by atoms with Gasteiger partial charge >= 0.3 is 0 Å². The summed E-state index contributed by atoms with van der Waals surface area (Å²) in [5.41, 5.74) is 3.24. The summed E-state index contributed by atoms with van der Waals surface area (Å²) in [5.74, 6) is 0.933. The Morgan fingerprint density at radius 3 is 2.65 bits per heavy atom. The number of nitrogens with zero attached hydrogens (tertiary/aromatic N) is 5. The molecule has 2 aliphatic heterocycles. The van der Waals surface area contributed by atoms with Crippen LogP contribution in [0.3, 0.4) is 0 Å². The predicted octanol–water partition coefficient (Wildman–Crippen LogP) is 2.50. The summed E-state index contributed by atoms with van der Waals surface area (Å²) >= 11 is 0. The summed E-state index contributed by atoms with van der Waals surface area (Å²) < 4.78 is 1.84. The lowest BCUT2D eigenvalue weighted by atomic mass is 9.92. The molecule has 0 aliphatic carbocycles. The van der Waals surface area contributed by atoms with Crippen molar-refractivity contribution in [1.82, 2.24) is 24.6 Å². The second-order valence-corrected chi connectivity index (χ2v) is 7.94. The molecule has 0 N–H and O–H groups in total. The molecule has 26 heavy (non-hydrogen) atoms. The number of pyridine rings is 1. The molecule has 1 amide bonds. The Morgan fingerprint density at radius 1 is 1.19 bits per heavy atom. The van der Waals surface area contributed by atoms with E-state index in [0.717, 1.165) is 68.7 Å². The van der Waals surface area contributed by atoms with E-state index < -0.39 is 0 Å². The summed E-state index contributed by atoms with van der Waals surface area (Å²) in [6, 6.07) is 2.23. The molecule has 2 fully saturated rings. The Hall–Kier alpha value is -1.95. The first-order chi connectivity index (χ1) is 12.6. The molecule has 6 nitrogen and oxygen atoms in total. The predicted molar refractivity (Wildman–Crippen MR) is 102 cm³/mol. The average molecular weight is 355 g/mol. The summed E-state index contributed by atoms with van der Waals surface area (Å²) in [6.45, 7) is 7.06. The lowest BCUT2D eigenvalue weighted by Crippen LogP contribution is -2.36. The summed E-state index contributed by atoms with van der Waals surface area (Å²) in [7, 11) is 1.94. The topological polar surface area (TPSA) is 54.3 Å². The molecule has 0 saturated carbocycles. The third-order valence-electron chi connectivity index (χ3n) is 5.96. The van der Waals surface area contributed by atoms with Crippen molar-refractivity contribution < 1.29 is 4.79 Å². The molecule has 0 radical (unpaired) electrons. The van der Waals surface area contributed by atoms with Crippen LogP contribution in [0.4, 0.5) is 0 Å². The standard InChI is InChI=1S/C20H29N5O/c1-15-18-11-17(13-21-20(18)23(2)22-15)14-24-9-5-16(6-10-24)12-19(26)25-7-3-4-8-25/h11,13,16H,3-10,12,14H2,1-2H3. The third kappa shape index (κ3) is 3.61. The van der Waals surface area contributed by atoms with E-state index in [0.29, 0.717) is 11.8 Å². The molecule has 0 spiro atoms. The number of fused-ring (bicyclic) bond motifs is 1. The molecule has 2 aromatic heterocycles. The Bertz CT molecular complexity index is 785. The first-order valence-electron chi connectivity index (χ1n) is 9.88. The molecular formula is C20H29N5O. The summed E-state index contributed by atoms with van der Waals surface area (Å²) in [4.78, 5) is 21.5. The molecule has 0 aromatic carbocycles. The van der Waals surface area contributed by atoms with Gasteiger partial charge in [-0.05, 0) is 63.2 Å². The van der Waals surface area contributed by atoms with Crippen LogP contribution in [0, 0.1) is 12.8 Å². The van der Waals surface area contributed by atoms with Crippen LogP contribution in [0.1, 0.15) is 43.4 Å². The maximum absolute atomic E-state index is 12.3. The van der Waals surface area contributed by atoms with Crippen molar-refractivity contribution in [2.75, 3.05) is 26.2 Å². The number of aryl methyl sites for hydroxylation is 2. The van der Waals surface area contributed by atoms with Gasteiger partial charge in [-0.25, -0.2) is 4.98 Å². The number of aromatic nitrogens is 3. The van der Waals surface area contributed by atoms with E-state index >= 15 is 0 Å². The molecule has 0 atom stereocenters. The van der Waals surface area contributed by atoms with Crippen molar-refractivity contribution in [3.8, 4) is 0 Å². The zero-order chi connectivity index (χ0) is 18.1. The smallest absolute Gasteiger partial charge is 0.222 e. The van der Waals surface area contributed by atoms with Crippen LogP contribution in [0.15, 0.2) is 12.3 Å². The summed E-state index contributed by atoms with van der Waals surface area (Å²) in [6.07, 6.45) is 7.34. The van der Waals surface area contributed by atoms with E-state index in [1.807, 2.05) is 24.9 Å². The van der Waals surface area contributed by atoms with Crippen molar-refractivity contribution in [1.29, 1.82) is 0 Å². The second kappa shape index (κ2) is 7.35. The van der Waals surface area contributed by atoms with Crippen LogP contribution >= 0.6 is 0 Å². The minimum atomic E-state index is 0.377. The first-order valence-corrected chi connectivity index (χ1v) is 9.88. The molecular weight excluding hydrogens is 326 g/mol. The largest absolute Gasteiger partial charge is 0.343 e. The molecule has 4 rings (SSSR count). The number of hydrogen-bond donors (Lipinski definition) is 0. The van der Waals surface area contributed by atoms with Gasteiger partial charge in [0.15, 0.2) is 5.65 Å². The van der Waals surface area contributed by atoms with Crippen molar-refractivity contribution in [3.05, 3.63) is 23.5 Å². The second-order valence-electron chi connectivity index (χ2n) is 7.94. The van der Waals surface area contributed by atoms with E-state index in [9.17, 15) is 4.79 Å². The van der Waals surface area contributed by atoms with E-state index in [1.165, 1.54) is 18.4 Å². The van der Waals surface area contributed by atoms with Crippen LogP contribution in [0.2, 0.25) is 0 Å². The highest BCUT2D eigenvalue weighted by Crippen LogP contribution is 2.24. The molecule has 4 heterocycles. The lowest BCUT2D eigenvalue weighted by Gasteiger charge is -2.32. The number of likely N-dealkylation sites (tertiary alicyclic amines) is 2. The third-order valence-corrected chi connectivity index (χ3v) is 5.96. The van der Waals surface area contributed by atoms with E-state index in [-0.39, 0.29) is 0 Å². The highest BCUT2D eigenvalue weighted by Gasteiger charge is 2.25. The quantitative estimate of drug-likeness (QED) is 0.846. The summed E-state index contributed by atoms with van der Waals surface area (Å²) in [5, 5.41) is 5.60. The van der Waals surface area contributed by atoms with Gasteiger partial charge < -0.3 is 4.90 Å². The SMILES string of the molecule is Cc1nn(C)c2ncc(CN3CCC(CC(=O)N4CCCC4)CC3)cc12. The zero-order valence-electron chi connectivity index (χ0n) is 15.9. The zero-order valence-corrected chi connectivity index (χ0v) is 15.9. The van der Waals surface area contributed by atoms with Crippen molar-refractivity contribution in [2.24, 2.45) is 13.0 Å². The van der Waals surface area contributed by atoms with Gasteiger partial charge in [0.2, 0.25) is 5.91 Å². The highest BCUT2D eigenvalue weighted by atomic mass is 16.2. The molecule has 140 valence electrons. The van der Waals surface area contributed by atoms with Gasteiger partial charge in [0.1, 0.15) is 0 Å². The Labute approximate surface area is 155 Å². The van der Waals surface area contributed by atoms with E-state index in [1.54, 1.807) is 0 Å². The van der Waals surface area contributed by atoms with Gasteiger partial charge in [0.05, 0.1) is 5.69 Å². The van der Waals surface area contributed by atoms with Crippen LogP contribution in [0.5, 0.6) is 0 Å². The van der Waals surface area contributed by atoms with Gasteiger partial charge in [0.25, 0.3) is 0 Å². The van der Waals surface area contributed by atoms with E-state index in [4.69, 9.17) is 0 Å². The highest BCUT2D eigenvalue weighted by molar-refractivity contribution is 5.78. The maximum atomic E-state index is 12.3. The number of carbonyl (C=O) groups excluding carboxylic acids is 1. The number of carbonyl (C=O) groups is 1. The minimum absolute atomic E-state index is 0.377. The molecule has 2 aliphatic rings. The fourth-order valence-corrected chi connectivity index (χ4v) is 4.39. The van der Waals surface area contributed by atoms with Crippen LogP contribution in [-0.4, -0.2) is 56.7 Å². The van der Waals surface area contributed by atoms with Crippen molar-refractivity contribution in [3.63, 3.8) is 0 Å². The molecule has 0 bridgehead atoms. The first kappa shape index (κ1) is 17.5. The van der Waals surface area contributed by atoms with Crippen molar-refractivity contribution >= 4 is 16.9 Å². The fourth-order valence-electron chi connectivity index (χ4n) is 4.39. The number of rotatable bonds is 4. The Balaban J connectivity index is 1.31. The Kier molecular flexibility index (Phi) is 4.94.